The van der Waals surface area contributed by atoms with Crippen LogP contribution < -0.4 is 5.73 Å². The van der Waals surface area contributed by atoms with Gasteiger partial charge in [0.2, 0.25) is 0 Å². The van der Waals surface area contributed by atoms with Gasteiger partial charge in [-0.2, -0.15) is 0 Å². The van der Waals surface area contributed by atoms with Crippen LogP contribution in [0, 0.1) is 5.92 Å². The van der Waals surface area contributed by atoms with E-state index in [0.717, 1.165) is 18.4 Å². The third-order valence-corrected chi connectivity index (χ3v) is 4.26. The third-order valence-electron chi connectivity index (χ3n) is 3.89. The number of hydrogen-bond donors (Lipinski definition) is 1. The van der Waals surface area contributed by atoms with E-state index in [1.807, 2.05) is 18.2 Å². The van der Waals surface area contributed by atoms with Crippen LogP contribution in [0.15, 0.2) is 24.3 Å². The van der Waals surface area contributed by atoms with Crippen LogP contribution in [0.4, 0.5) is 0 Å². The van der Waals surface area contributed by atoms with Crippen LogP contribution >= 0.6 is 11.6 Å². The predicted octanol–water partition coefficient (Wildman–Crippen LogP) is 3.29. The summed E-state index contributed by atoms with van der Waals surface area (Å²) in [5, 5.41) is 0.610. The summed E-state index contributed by atoms with van der Waals surface area (Å²) in [6.45, 7) is 2.38. The lowest BCUT2D eigenvalue weighted by Gasteiger charge is -2.33. The molecule has 1 aromatic carbocycles. The average Bonchev–Trinajstić information content (AvgIpc) is 2.41. The van der Waals surface area contributed by atoms with Gasteiger partial charge in [-0.3, -0.25) is 4.79 Å². The molecule has 2 rings (SSSR count). The minimum atomic E-state index is -0.812. The molecule has 0 bridgehead atoms. The van der Waals surface area contributed by atoms with Crippen molar-refractivity contribution in [3.8, 4) is 0 Å². The topological polar surface area (TPSA) is 52.3 Å². The Balaban J connectivity index is 1.93. The summed E-state index contributed by atoms with van der Waals surface area (Å²) in [4.78, 5) is 12.1. The Kier molecular flexibility index (Phi) is 4.48. The Morgan fingerprint density at radius 1 is 1.42 bits per heavy atom. The Hall–Kier alpha value is -1.06. The van der Waals surface area contributed by atoms with Crippen molar-refractivity contribution >= 4 is 17.6 Å². The fraction of sp³-hybridized carbons (Fsp3) is 0.533. The summed E-state index contributed by atoms with van der Waals surface area (Å²) in [6.07, 6.45) is 3.38. The lowest BCUT2D eigenvalue weighted by molar-refractivity contribution is -0.153. The summed E-state index contributed by atoms with van der Waals surface area (Å²) >= 11 is 6.02. The Bertz CT molecular complexity index is 453. The summed E-state index contributed by atoms with van der Waals surface area (Å²) in [5.41, 5.74) is 6.16. The number of halogens is 1. The maximum Gasteiger partial charge on any atom is 0.326 e. The second-order valence-corrected chi connectivity index (χ2v) is 5.91. The Morgan fingerprint density at radius 3 is 2.68 bits per heavy atom. The van der Waals surface area contributed by atoms with Gasteiger partial charge < -0.3 is 10.5 Å². The van der Waals surface area contributed by atoms with E-state index < -0.39 is 5.54 Å². The van der Waals surface area contributed by atoms with E-state index in [1.54, 1.807) is 6.07 Å². The fourth-order valence-corrected chi connectivity index (χ4v) is 2.57. The maximum absolute atomic E-state index is 12.1. The summed E-state index contributed by atoms with van der Waals surface area (Å²) < 4.78 is 5.34. The molecule has 0 unspecified atom stereocenters. The van der Waals surface area contributed by atoms with Crippen LogP contribution in [0.3, 0.4) is 0 Å². The minimum absolute atomic E-state index is 0.188. The van der Waals surface area contributed by atoms with Crippen molar-refractivity contribution in [2.24, 2.45) is 11.7 Å². The molecule has 0 radical (unpaired) electrons. The SMILES string of the molecule is CC1CCC(N)(C(=O)OCc2ccccc2Cl)CC1. The molecule has 2 N–H and O–H groups in total. The van der Waals surface area contributed by atoms with Crippen LogP contribution in [0.25, 0.3) is 0 Å². The molecule has 3 nitrogen and oxygen atoms in total. The fourth-order valence-electron chi connectivity index (χ4n) is 2.38. The van der Waals surface area contributed by atoms with Gasteiger partial charge in [0.25, 0.3) is 0 Å². The molecule has 1 fully saturated rings. The van der Waals surface area contributed by atoms with Crippen molar-refractivity contribution < 1.29 is 9.53 Å². The molecular weight excluding hydrogens is 262 g/mol. The minimum Gasteiger partial charge on any atom is -0.459 e. The van der Waals surface area contributed by atoms with Crippen molar-refractivity contribution in [3.63, 3.8) is 0 Å². The van der Waals surface area contributed by atoms with Crippen molar-refractivity contribution in [1.82, 2.24) is 0 Å². The van der Waals surface area contributed by atoms with Crippen LogP contribution in [0.1, 0.15) is 38.2 Å². The first-order valence-corrected chi connectivity index (χ1v) is 7.08. The first-order chi connectivity index (χ1) is 9.01. The molecule has 0 amide bonds. The zero-order valence-electron chi connectivity index (χ0n) is 11.2. The number of ether oxygens (including phenoxy) is 1. The van der Waals surface area contributed by atoms with Gasteiger partial charge in [0.1, 0.15) is 12.1 Å². The number of nitrogens with two attached hydrogens (primary N) is 1. The van der Waals surface area contributed by atoms with Gasteiger partial charge in [-0.15, -0.1) is 0 Å². The van der Waals surface area contributed by atoms with E-state index in [4.69, 9.17) is 22.1 Å². The van der Waals surface area contributed by atoms with Crippen LogP contribution in [-0.4, -0.2) is 11.5 Å². The van der Waals surface area contributed by atoms with Gasteiger partial charge in [-0.1, -0.05) is 36.7 Å². The maximum atomic E-state index is 12.1. The highest BCUT2D eigenvalue weighted by atomic mass is 35.5. The van der Waals surface area contributed by atoms with Gasteiger partial charge in [0.05, 0.1) is 0 Å². The van der Waals surface area contributed by atoms with Crippen molar-refractivity contribution in [2.45, 2.75) is 44.8 Å². The molecule has 0 spiro atoms. The highest BCUT2D eigenvalue weighted by Gasteiger charge is 2.38. The van der Waals surface area contributed by atoms with E-state index in [2.05, 4.69) is 6.92 Å². The van der Waals surface area contributed by atoms with E-state index in [0.29, 0.717) is 23.8 Å². The third kappa shape index (κ3) is 3.48. The van der Waals surface area contributed by atoms with E-state index >= 15 is 0 Å². The van der Waals surface area contributed by atoms with E-state index in [-0.39, 0.29) is 12.6 Å². The zero-order valence-corrected chi connectivity index (χ0v) is 12.0. The number of esters is 1. The largest absolute Gasteiger partial charge is 0.459 e. The smallest absolute Gasteiger partial charge is 0.326 e. The van der Waals surface area contributed by atoms with Crippen molar-refractivity contribution in [3.05, 3.63) is 34.9 Å². The number of carbonyl (C=O) groups excluding carboxylic acids is 1. The normalized spacial score (nSPS) is 27.0. The lowest BCUT2D eigenvalue weighted by Crippen LogP contribution is -2.51. The Morgan fingerprint density at radius 2 is 2.05 bits per heavy atom. The number of carbonyl (C=O) groups is 1. The second kappa shape index (κ2) is 5.93. The van der Waals surface area contributed by atoms with Crippen molar-refractivity contribution in [1.29, 1.82) is 0 Å². The van der Waals surface area contributed by atoms with Crippen LogP contribution in [0.2, 0.25) is 5.02 Å². The van der Waals surface area contributed by atoms with Gasteiger partial charge in [0, 0.05) is 10.6 Å². The molecule has 19 heavy (non-hydrogen) atoms. The van der Waals surface area contributed by atoms with Gasteiger partial charge in [-0.25, -0.2) is 0 Å². The van der Waals surface area contributed by atoms with Crippen LogP contribution in [0.5, 0.6) is 0 Å². The van der Waals surface area contributed by atoms with Gasteiger partial charge in [-0.05, 0) is 37.7 Å². The molecular formula is C15H20ClNO2. The molecule has 1 aliphatic rings. The summed E-state index contributed by atoms with van der Waals surface area (Å²) in [5.74, 6) is 0.340. The molecule has 0 aromatic heterocycles. The molecule has 0 saturated heterocycles. The highest BCUT2D eigenvalue weighted by molar-refractivity contribution is 6.31. The van der Waals surface area contributed by atoms with Crippen molar-refractivity contribution in [2.75, 3.05) is 0 Å². The molecule has 4 heteroatoms. The van der Waals surface area contributed by atoms with Gasteiger partial charge >= 0.3 is 5.97 Å². The Labute approximate surface area is 119 Å². The second-order valence-electron chi connectivity index (χ2n) is 5.51. The molecule has 0 aliphatic heterocycles. The summed E-state index contributed by atoms with van der Waals surface area (Å²) in [6, 6.07) is 7.35. The molecule has 104 valence electrons. The monoisotopic (exact) mass is 281 g/mol. The molecule has 1 saturated carbocycles. The number of rotatable bonds is 3. The van der Waals surface area contributed by atoms with E-state index in [1.165, 1.54) is 0 Å². The molecule has 0 heterocycles. The van der Waals surface area contributed by atoms with Crippen LogP contribution in [-0.2, 0) is 16.1 Å². The average molecular weight is 282 g/mol. The molecule has 0 atom stereocenters. The lowest BCUT2D eigenvalue weighted by atomic mass is 9.78. The quantitative estimate of drug-likeness (QED) is 0.865. The molecule has 1 aliphatic carbocycles. The standard InChI is InChI=1S/C15H20ClNO2/c1-11-6-8-15(17,9-7-11)14(18)19-10-12-4-2-3-5-13(12)16/h2-5,11H,6-10,17H2,1H3. The molecule has 1 aromatic rings. The zero-order chi connectivity index (χ0) is 13.9. The highest BCUT2D eigenvalue weighted by Crippen LogP contribution is 2.31. The van der Waals surface area contributed by atoms with Gasteiger partial charge in [0.15, 0.2) is 0 Å². The predicted molar refractivity (Wildman–Crippen MR) is 75.8 cm³/mol. The number of benzene rings is 1. The summed E-state index contributed by atoms with van der Waals surface area (Å²) in [7, 11) is 0. The first-order valence-electron chi connectivity index (χ1n) is 6.71. The first kappa shape index (κ1) is 14.4. The van der Waals surface area contributed by atoms with E-state index in [9.17, 15) is 4.79 Å². The number of hydrogen-bond acceptors (Lipinski definition) is 3.